The number of nitrogens with zero attached hydrogens (tertiary/aromatic N) is 5. The molecule has 1 aliphatic rings. The zero-order valence-electron chi connectivity index (χ0n) is 32.0. The maximum Gasteiger partial charge on any atom is 0.371 e. The average Bonchev–Trinajstić information content (AvgIpc) is 3.79. The highest BCUT2D eigenvalue weighted by atomic mass is 16.4. The van der Waals surface area contributed by atoms with Crippen molar-refractivity contribution in [2.24, 2.45) is 54.6 Å². The summed E-state index contributed by atoms with van der Waals surface area (Å²) in [7, 11) is 0. The van der Waals surface area contributed by atoms with Crippen molar-refractivity contribution in [2.45, 2.75) is 70.4 Å². The number of carbonyl (C=O) groups is 3. The fourth-order valence-corrected chi connectivity index (χ4v) is 5.59. The summed E-state index contributed by atoms with van der Waals surface area (Å²) in [5.41, 5.74) is 35.6. The number of aromatic carboxylic acids is 1. The van der Waals surface area contributed by atoms with E-state index in [0.717, 1.165) is 24.1 Å². The van der Waals surface area contributed by atoms with Gasteiger partial charge in [-0.3, -0.25) is 24.1 Å². The Morgan fingerprint density at radius 3 is 1.91 bits per heavy atom. The van der Waals surface area contributed by atoms with Gasteiger partial charge in [0.05, 0.1) is 5.56 Å². The smallest absolute Gasteiger partial charge is 0.371 e. The van der Waals surface area contributed by atoms with E-state index in [1.54, 1.807) is 29.0 Å². The lowest BCUT2D eigenvalue weighted by Crippen LogP contribution is -2.30. The quantitative estimate of drug-likeness (QED) is 0.0355. The van der Waals surface area contributed by atoms with Gasteiger partial charge in [0.2, 0.25) is 11.6 Å². The first-order valence-electron chi connectivity index (χ1n) is 18.2. The normalized spacial score (nSPS) is 12.8. The molecule has 0 unspecified atom stereocenters. The van der Waals surface area contributed by atoms with E-state index in [0.29, 0.717) is 44.5 Å². The summed E-state index contributed by atoms with van der Waals surface area (Å²) >= 11 is 0. The van der Waals surface area contributed by atoms with E-state index < -0.39 is 30.0 Å². The Morgan fingerprint density at radius 2 is 1.38 bits per heavy atom. The minimum atomic E-state index is -1.20. The number of azo groups is 1. The first kappa shape index (κ1) is 45.5. The zero-order valence-corrected chi connectivity index (χ0v) is 32.0. The Hall–Kier alpha value is -6.93. The molecule has 0 amide bonds. The number of aliphatic carboxylic acids is 2. The van der Waals surface area contributed by atoms with Crippen LogP contribution in [0.15, 0.2) is 79.4 Å². The number of phenols is 1. The predicted molar refractivity (Wildman–Crippen MR) is 217 cm³/mol. The number of guanidine groups is 2. The molecule has 58 heavy (non-hydrogen) atoms. The molecule has 5 rings (SSSR count). The molecule has 0 saturated heterocycles. The number of fused-ring (bicyclic) bond motifs is 1. The number of phenolic OH excluding ortho intramolecular Hbond substituents is 1. The summed E-state index contributed by atoms with van der Waals surface area (Å²) in [6, 6.07) is 12.2. The molecule has 0 fully saturated rings. The Balaban J connectivity index is 0.000000309. The fourth-order valence-electron chi connectivity index (χ4n) is 5.59. The van der Waals surface area contributed by atoms with Crippen LogP contribution in [0.2, 0.25) is 0 Å². The number of hydrogen-bond acceptors (Lipinski definition) is 12. The van der Waals surface area contributed by atoms with Crippen LogP contribution in [-0.4, -0.2) is 85.1 Å². The molecule has 20 nitrogen and oxygen atoms in total. The number of hydrogen-bond donors (Lipinski definition) is 11. The highest BCUT2D eigenvalue weighted by molar-refractivity contribution is 5.86. The van der Waals surface area contributed by atoms with Gasteiger partial charge in [-0.2, -0.15) is 0 Å². The van der Waals surface area contributed by atoms with Gasteiger partial charge in [-0.1, -0.05) is 12.1 Å². The Bertz CT molecular complexity index is 2080. The Kier molecular flexibility index (Phi) is 17.2. The molecule has 17 N–H and O–H groups in total. The lowest BCUT2D eigenvalue weighted by atomic mass is 9.91. The summed E-state index contributed by atoms with van der Waals surface area (Å²) in [6.45, 7) is 2.67. The van der Waals surface area contributed by atoms with Gasteiger partial charge in [-0.25, -0.2) is 4.79 Å². The van der Waals surface area contributed by atoms with E-state index in [9.17, 15) is 24.6 Å². The van der Waals surface area contributed by atoms with E-state index in [2.05, 4.69) is 32.3 Å². The molecule has 1 aliphatic carbocycles. The Morgan fingerprint density at radius 1 is 0.793 bits per heavy atom. The number of para-hydroxylation sites is 1. The number of carboxylic acid groups (broad SMARTS) is 3. The molecule has 2 heterocycles. The van der Waals surface area contributed by atoms with Crippen molar-refractivity contribution >= 4 is 41.2 Å². The van der Waals surface area contributed by atoms with Gasteiger partial charge in [-0.05, 0) is 111 Å². The second kappa shape index (κ2) is 22.0. The lowest BCUT2D eigenvalue weighted by molar-refractivity contribution is -0.139. The minimum absolute atomic E-state index is 0.0129. The summed E-state index contributed by atoms with van der Waals surface area (Å²) in [5.74, 6) is -3.45. The lowest BCUT2D eigenvalue weighted by Gasteiger charge is -2.17. The molecule has 2 aromatic heterocycles. The van der Waals surface area contributed by atoms with Crippen molar-refractivity contribution in [3.8, 4) is 28.6 Å². The number of carboxylic acids is 3. The highest BCUT2D eigenvalue weighted by Gasteiger charge is 2.18. The van der Waals surface area contributed by atoms with Crippen molar-refractivity contribution in [3.05, 3.63) is 77.2 Å². The zero-order chi connectivity index (χ0) is 42.9. The van der Waals surface area contributed by atoms with Gasteiger partial charge in [0.1, 0.15) is 23.5 Å². The van der Waals surface area contributed by atoms with Gasteiger partial charge >= 0.3 is 17.9 Å². The summed E-state index contributed by atoms with van der Waals surface area (Å²) in [5, 5.41) is 55.7. The van der Waals surface area contributed by atoms with Crippen molar-refractivity contribution in [1.82, 2.24) is 4.57 Å². The first-order chi connectivity index (χ1) is 27.5. The van der Waals surface area contributed by atoms with Crippen LogP contribution in [0.25, 0.3) is 17.0 Å². The van der Waals surface area contributed by atoms with Gasteiger partial charge < -0.3 is 64.4 Å². The number of aliphatic imine (C=N–C) groups is 2. The number of aromatic hydroxyl groups is 2. The maximum absolute atomic E-state index is 11.1. The third-order valence-corrected chi connectivity index (χ3v) is 8.67. The van der Waals surface area contributed by atoms with E-state index >= 15 is 0 Å². The molecule has 4 aromatic rings. The molecular weight excluding hydrogens is 754 g/mol. The maximum atomic E-state index is 11.1. The molecule has 2 atom stereocenters. The van der Waals surface area contributed by atoms with Gasteiger partial charge in [0, 0.05) is 25.0 Å². The SMILES string of the molecule is Cc1cn(-c2ccc3c(c2)CCCC3)c(O)c1N=Nc1cccc(-c2ccc(C(=O)O)o2)c1O.NC(N)=NCCC[C@H](N)C(=O)O.NC(N)=NCCC[C@H](N)C(=O)O. The summed E-state index contributed by atoms with van der Waals surface area (Å²) < 4.78 is 6.97. The van der Waals surface area contributed by atoms with Crippen LogP contribution in [0.3, 0.4) is 0 Å². The van der Waals surface area contributed by atoms with Crippen LogP contribution < -0.4 is 34.4 Å². The molecule has 0 bridgehead atoms. The number of aromatic nitrogens is 1. The third-order valence-electron chi connectivity index (χ3n) is 8.67. The van der Waals surface area contributed by atoms with E-state index in [-0.39, 0.29) is 46.3 Å². The van der Waals surface area contributed by atoms with Crippen molar-refractivity contribution in [3.63, 3.8) is 0 Å². The van der Waals surface area contributed by atoms with Crippen LogP contribution in [-0.2, 0) is 22.4 Å². The van der Waals surface area contributed by atoms with Crippen molar-refractivity contribution < 1.29 is 44.3 Å². The van der Waals surface area contributed by atoms with Gasteiger partial charge in [0.15, 0.2) is 23.4 Å². The van der Waals surface area contributed by atoms with Crippen molar-refractivity contribution in [2.75, 3.05) is 13.1 Å². The molecule has 0 spiro atoms. The number of furan rings is 1. The highest BCUT2D eigenvalue weighted by Crippen LogP contribution is 2.41. The second-order valence-corrected chi connectivity index (χ2v) is 13.1. The number of benzene rings is 2. The molecule has 20 heteroatoms. The monoisotopic (exact) mass is 805 g/mol. The standard InChI is InChI=1S/C26H23N3O5.2C6H14N4O2/c1-15-14-29(18-10-9-16-5-2-3-6-17(16)13-18)25(31)23(15)28-27-20-8-4-7-19(24(20)30)21-11-12-22(34-21)26(32)33;2*7-4(5(11)12)2-1-3-10-6(8)9/h4,7-14,30-31H,2-3,5-6H2,1H3,(H,32,33);2*4H,1-3,7H2,(H,11,12)(H4,8,9,10)/t;2*4-/m.00/s1. The summed E-state index contributed by atoms with van der Waals surface area (Å²) in [4.78, 5) is 38.9. The van der Waals surface area contributed by atoms with Crippen molar-refractivity contribution in [1.29, 1.82) is 0 Å². The molecule has 312 valence electrons. The molecule has 0 aliphatic heterocycles. The molecule has 0 radical (unpaired) electrons. The summed E-state index contributed by atoms with van der Waals surface area (Å²) in [6.07, 6.45) is 8.22. The van der Waals surface area contributed by atoms with E-state index in [1.165, 1.54) is 36.1 Å². The largest absolute Gasteiger partial charge is 0.505 e. The predicted octanol–water partition coefficient (Wildman–Crippen LogP) is 3.35. The third kappa shape index (κ3) is 13.7. The van der Waals surface area contributed by atoms with E-state index in [1.807, 2.05) is 13.0 Å². The molecule has 0 saturated carbocycles. The van der Waals surface area contributed by atoms with Crippen LogP contribution in [0.1, 0.15) is 65.8 Å². The fraction of sp³-hybridized carbons (Fsp3) is 0.342. The van der Waals surface area contributed by atoms with Crippen LogP contribution in [0.5, 0.6) is 11.6 Å². The first-order valence-corrected chi connectivity index (χ1v) is 18.2. The molecular formula is C38H51N11O9. The van der Waals surface area contributed by atoms with Crippen LogP contribution in [0.4, 0.5) is 11.4 Å². The van der Waals surface area contributed by atoms with Gasteiger partial charge in [0.25, 0.3) is 0 Å². The molecule has 2 aromatic carbocycles. The van der Waals surface area contributed by atoms with Crippen LogP contribution >= 0.6 is 0 Å². The topological polar surface area (TPSA) is 376 Å². The van der Waals surface area contributed by atoms with E-state index in [4.69, 9.17) is 54.1 Å². The van der Waals surface area contributed by atoms with Crippen LogP contribution in [0, 0.1) is 6.92 Å². The Labute approximate surface area is 333 Å². The van der Waals surface area contributed by atoms with Gasteiger partial charge in [-0.15, -0.1) is 10.2 Å². The average molecular weight is 806 g/mol. The number of aryl methyl sites for hydroxylation is 3. The number of rotatable bonds is 15. The number of nitrogens with two attached hydrogens (primary N) is 6. The second-order valence-electron chi connectivity index (χ2n) is 13.1. The minimum Gasteiger partial charge on any atom is -0.505 e.